The van der Waals surface area contributed by atoms with E-state index in [2.05, 4.69) is 15.8 Å². The van der Waals surface area contributed by atoms with Crippen LogP contribution in [0.4, 0.5) is 5.69 Å². The summed E-state index contributed by atoms with van der Waals surface area (Å²) in [7, 11) is 0. The Kier molecular flexibility index (Phi) is 7.19. The summed E-state index contributed by atoms with van der Waals surface area (Å²) in [5, 5.41) is 8.15. The normalized spacial score (nSPS) is 10.6. The van der Waals surface area contributed by atoms with Gasteiger partial charge in [-0.15, -0.1) is 0 Å². The Labute approximate surface area is 183 Å². The van der Waals surface area contributed by atoms with Crippen molar-refractivity contribution in [2.45, 2.75) is 0 Å². The standard InChI is InChI=1S/C21H15Cl2N3O2S/c22-15-8-11-18(19(23)12-15)20(27)28-17-9-6-14(7-10-17)13-24-26-21(29)25-16-4-2-1-3-5-16/h1-13H,(H2,25,26,29)/b24-13-. The minimum Gasteiger partial charge on any atom is -0.423 e. The average Bonchev–Trinajstić information content (AvgIpc) is 2.70. The van der Waals surface area contributed by atoms with Gasteiger partial charge in [-0.25, -0.2) is 4.79 Å². The monoisotopic (exact) mass is 443 g/mol. The third kappa shape index (κ3) is 6.29. The number of carbonyl (C=O) groups is 1. The number of halogens is 2. The number of carbonyl (C=O) groups excluding carboxylic acids is 1. The fourth-order valence-electron chi connectivity index (χ4n) is 2.28. The van der Waals surface area contributed by atoms with Crippen molar-refractivity contribution in [2.24, 2.45) is 5.10 Å². The van der Waals surface area contributed by atoms with Gasteiger partial charge < -0.3 is 10.1 Å². The lowest BCUT2D eigenvalue weighted by atomic mass is 10.2. The van der Waals surface area contributed by atoms with Crippen LogP contribution < -0.4 is 15.5 Å². The van der Waals surface area contributed by atoms with E-state index >= 15 is 0 Å². The number of nitrogens with zero attached hydrogens (tertiary/aromatic N) is 1. The van der Waals surface area contributed by atoms with Gasteiger partial charge >= 0.3 is 5.97 Å². The Morgan fingerprint density at radius 2 is 1.72 bits per heavy atom. The summed E-state index contributed by atoms with van der Waals surface area (Å²) >= 11 is 17.0. The molecule has 3 rings (SSSR count). The number of hydrogen-bond acceptors (Lipinski definition) is 4. The molecule has 0 unspecified atom stereocenters. The van der Waals surface area contributed by atoms with E-state index in [0.717, 1.165) is 11.3 Å². The lowest BCUT2D eigenvalue weighted by molar-refractivity contribution is 0.0735. The number of nitrogens with one attached hydrogen (secondary N) is 2. The zero-order valence-corrected chi connectivity index (χ0v) is 17.3. The Balaban J connectivity index is 1.53. The van der Waals surface area contributed by atoms with Crippen molar-refractivity contribution in [3.8, 4) is 5.75 Å². The van der Waals surface area contributed by atoms with Crippen molar-refractivity contribution < 1.29 is 9.53 Å². The van der Waals surface area contributed by atoms with E-state index in [1.807, 2.05) is 30.3 Å². The Bertz CT molecular complexity index is 1040. The first kappa shape index (κ1) is 20.8. The predicted octanol–water partition coefficient (Wildman–Crippen LogP) is 5.53. The third-order valence-corrected chi connectivity index (χ3v) is 4.39. The molecular weight excluding hydrogens is 429 g/mol. The minimum absolute atomic E-state index is 0.234. The number of esters is 1. The van der Waals surface area contributed by atoms with Gasteiger partial charge in [0.15, 0.2) is 5.11 Å². The highest BCUT2D eigenvalue weighted by Gasteiger charge is 2.13. The number of hydrogen-bond donors (Lipinski definition) is 2. The number of rotatable bonds is 5. The molecule has 3 aromatic carbocycles. The first-order valence-electron chi connectivity index (χ1n) is 8.44. The van der Waals surface area contributed by atoms with Crippen LogP contribution in [-0.2, 0) is 0 Å². The molecule has 0 bridgehead atoms. The Hall–Kier alpha value is -2.93. The van der Waals surface area contributed by atoms with Crippen LogP contribution >= 0.6 is 35.4 Å². The highest BCUT2D eigenvalue weighted by atomic mass is 35.5. The minimum atomic E-state index is -0.563. The molecule has 0 aliphatic heterocycles. The van der Waals surface area contributed by atoms with Gasteiger partial charge in [0.25, 0.3) is 0 Å². The number of anilines is 1. The second-order valence-electron chi connectivity index (χ2n) is 5.77. The molecule has 0 heterocycles. The molecule has 3 aromatic rings. The fraction of sp³-hybridized carbons (Fsp3) is 0. The van der Waals surface area contributed by atoms with Crippen LogP contribution in [-0.4, -0.2) is 17.3 Å². The van der Waals surface area contributed by atoms with E-state index in [0.29, 0.717) is 15.9 Å². The van der Waals surface area contributed by atoms with Crippen molar-refractivity contribution in [1.29, 1.82) is 0 Å². The number of thiocarbonyl (C=S) groups is 1. The van der Waals surface area contributed by atoms with E-state index in [4.69, 9.17) is 40.2 Å². The predicted molar refractivity (Wildman–Crippen MR) is 121 cm³/mol. The van der Waals surface area contributed by atoms with Gasteiger partial charge in [-0.05, 0) is 72.4 Å². The summed E-state index contributed by atoms with van der Waals surface area (Å²) < 4.78 is 5.33. The number of para-hydroxylation sites is 1. The number of benzene rings is 3. The number of hydrazone groups is 1. The molecule has 0 atom stereocenters. The zero-order valence-electron chi connectivity index (χ0n) is 14.9. The molecule has 0 aliphatic rings. The SMILES string of the molecule is O=C(Oc1ccc(/C=N\NC(=S)Nc2ccccc2)cc1)c1ccc(Cl)cc1Cl. The summed E-state index contributed by atoms with van der Waals surface area (Å²) in [5.74, 6) is -0.181. The molecular formula is C21H15Cl2N3O2S. The lowest BCUT2D eigenvalue weighted by Gasteiger charge is -2.07. The maximum absolute atomic E-state index is 12.2. The van der Waals surface area contributed by atoms with Gasteiger partial charge in [0.05, 0.1) is 16.8 Å². The first-order chi connectivity index (χ1) is 14.0. The van der Waals surface area contributed by atoms with Crippen LogP contribution in [0.3, 0.4) is 0 Å². The molecule has 0 amide bonds. The largest absolute Gasteiger partial charge is 0.423 e. The fourth-order valence-corrected chi connectivity index (χ4v) is 2.94. The number of ether oxygens (including phenoxy) is 1. The van der Waals surface area contributed by atoms with Crippen molar-refractivity contribution in [3.05, 3.63) is 94.0 Å². The molecule has 29 heavy (non-hydrogen) atoms. The summed E-state index contributed by atoms with van der Waals surface area (Å²) in [6.45, 7) is 0. The maximum Gasteiger partial charge on any atom is 0.345 e. The molecule has 2 N–H and O–H groups in total. The maximum atomic E-state index is 12.2. The van der Waals surface area contributed by atoms with Gasteiger partial charge in [0, 0.05) is 10.7 Å². The summed E-state index contributed by atoms with van der Waals surface area (Å²) in [6, 6.07) is 20.9. The van der Waals surface area contributed by atoms with Crippen molar-refractivity contribution in [2.75, 3.05) is 5.32 Å². The Morgan fingerprint density at radius 3 is 2.41 bits per heavy atom. The van der Waals surface area contributed by atoms with Crippen LogP contribution in [0.2, 0.25) is 10.0 Å². The van der Waals surface area contributed by atoms with Gasteiger partial charge in [-0.2, -0.15) is 5.10 Å². The molecule has 0 saturated carbocycles. The van der Waals surface area contributed by atoms with Crippen LogP contribution in [0.15, 0.2) is 77.9 Å². The third-order valence-electron chi connectivity index (χ3n) is 3.65. The lowest BCUT2D eigenvalue weighted by Crippen LogP contribution is -2.23. The van der Waals surface area contributed by atoms with E-state index in [9.17, 15) is 4.79 Å². The second kappa shape index (κ2) is 10.0. The molecule has 0 spiro atoms. The van der Waals surface area contributed by atoms with Gasteiger partial charge in [-0.3, -0.25) is 5.43 Å². The van der Waals surface area contributed by atoms with Gasteiger partial charge in [0.1, 0.15) is 5.75 Å². The zero-order chi connectivity index (χ0) is 20.6. The highest BCUT2D eigenvalue weighted by Crippen LogP contribution is 2.23. The summed E-state index contributed by atoms with van der Waals surface area (Å²) in [6.07, 6.45) is 1.60. The second-order valence-corrected chi connectivity index (χ2v) is 7.02. The molecule has 8 heteroatoms. The van der Waals surface area contributed by atoms with Gasteiger partial charge in [0.2, 0.25) is 0 Å². The highest BCUT2D eigenvalue weighted by molar-refractivity contribution is 7.80. The van der Waals surface area contributed by atoms with Crippen LogP contribution in [0.5, 0.6) is 5.75 Å². The van der Waals surface area contributed by atoms with Crippen LogP contribution in [0.1, 0.15) is 15.9 Å². The molecule has 0 aliphatic carbocycles. The van der Waals surface area contributed by atoms with E-state index in [1.165, 1.54) is 12.1 Å². The molecule has 0 aromatic heterocycles. The smallest absolute Gasteiger partial charge is 0.345 e. The van der Waals surface area contributed by atoms with Crippen molar-refractivity contribution >= 4 is 58.4 Å². The van der Waals surface area contributed by atoms with E-state index in [-0.39, 0.29) is 10.6 Å². The molecule has 0 radical (unpaired) electrons. The summed E-state index contributed by atoms with van der Waals surface area (Å²) in [4.78, 5) is 12.2. The topological polar surface area (TPSA) is 62.7 Å². The molecule has 0 saturated heterocycles. The molecule has 5 nitrogen and oxygen atoms in total. The molecule has 146 valence electrons. The van der Waals surface area contributed by atoms with Crippen molar-refractivity contribution in [1.82, 2.24) is 5.43 Å². The molecule has 0 fully saturated rings. The Morgan fingerprint density at radius 1 is 1.00 bits per heavy atom. The van der Waals surface area contributed by atoms with E-state index < -0.39 is 5.97 Å². The first-order valence-corrected chi connectivity index (χ1v) is 9.60. The van der Waals surface area contributed by atoms with Crippen molar-refractivity contribution in [3.63, 3.8) is 0 Å². The summed E-state index contributed by atoms with van der Waals surface area (Å²) in [5.41, 5.74) is 4.64. The van der Waals surface area contributed by atoms with Crippen LogP contribution in [0.25, 0.3) is 0 Å². The van der Waals surface area contributed by atoms with Gasteiger partial charge in [-0.1, -0.05) is 41.4 Å². The average molecular weight is 444 g/mol. The van der Waals surface area contributed by atoms with E-state index in [1.54, 1.807) is 36.5 Å². The van der Waals surface area contributed by atoms with Crippen LogP contribution in [0, 0.1) is 0 Å². The quantitative estimate of drug-likeness (QED) is 0.178.